The first-order chi connectivity index (χ1) is 6.79. The van der Waals surface area contributed by atoms with Crippen LogP contribution in [0.3, 0.4) is 0 Å². The van der Waals surface area contributed by atoms with Crippen molar-refractivity contribution >= 4 is 68.3 Å². The van der Waals surface area contributed by atoms with E-state index in [1.807, 2.05) is 0 Å². The molecular formula is C3H10NO9P3Sr. The van der Waals surface area contributed by atoms with Crippen LogP contribution >= 0.6 is 22.8 Å². The predicted molar refractivity (Wildman–Crippen MR) is 50.8 cm³/mol. The minimum atomic E-state index is -4.92. The molecule has 0 saturated carbocycles. The first-order valence-corrected chi connectivity index (χ1v) is 8.99. The van der Waals surface area contributed by atoms with Gasteiger partial charge in [-0.1, -0.05) is 0 Å². The van der Waals surface area contributed by atoms with Gasteiger partial charge in [0.1, 0.15) is 18.9 Å². The van der Waals surface area contributed by atoms with Crippen molar-refractivity contribution < 1.29 is 48.0 Å². The molecule has 4 N–H and O–H groups in total. The van der Waals surface area contributed by atoms with E-state index in [9.17, 15) is 28.4 Å². The molecular weight excluding hydrogens is 375 g/mol. The van der Waals surface area contributed by atoms with E-state index in [1.54, 1.807) is 0 Å². The summed E-state index contributed by atoms with van der Waals surface area (Å²) in [6, 6.07) is 0. The fraction of sp³-hybridized carbons (Fsp3) is 1.00. The molecule has 17 heavy (non-hydrogen) atoms. The fourth-order valence-electron chi connectivity index (χ4n) is 0.998. The van der Waals surface area contributed by atoms with Gasteiger partial charge in [0.2, 0.25) is 0 Å². The van der Waals surface area contributed by atoms with E-state index in [2.05, 4.69) is 0 Å². The van der Waals surface area contributed by atoms with E-state index >= 15 is 0 Å². The molecule has 14 heteroatoms. The normalized spacial score (nSPS) is 23.6. The molecule has 0 fully saturated rings. The predicted octanol–water partition coefficient (Wildman–Crippen LogP) is -5.00. The van der Waals surface area contributed by atoms with E-state index in [0.717, 1.165) is 0 Å². The third kappa shape index (κ3) is 15.8. The summed E-state index contributed by atoms with van der Waals surface area (Å²) in [6.07, 6.45) is -3.73. The van der Waals surface area contributed by atoms with Gasteiger partial charge in [-0.05, 0) is 0 Å². The van der Waals surface area contributed by atoms with Gasteiger partial charge in [0.25, 0.3) is 0 Å². The molecule has 0 aromatic heterocycles. The number of nitrogens with one attached hydrogen (secondary N) is 1. The van der Waals surface area contributed by atoms with E-state index in [0.29, 0.717) is 0 Å². The Morgan fingerprint density at radius 3 is 1.06 bits per heavy atom. The van der Waals surface area contributed by atoms with Crippen LogP contribution in [0.4, 0.5) is 0 Å². The van der Waals surface area contributed by atoms with Crippen molar-refractivity contribution in [3.8, 4) is 0 Å². The maximum absolute atomic E-state index is 10.4. The van der Waals surface area contributed by atoms with Gasteiger partial charge in [-0.15, -0.1) is 0 Å². The molecule has 0 bridgehead atoms. The van der Waals surface area contributed by atoms with Crippen LogP contribution in [0.5, 0.6) is 0 Å². The van der Waals surface area contributed by atoms with Gasteiger partial charge in [0, 0.05) is 0 Å². The Morgan fingerprint density at radius 2 is 0.941 bits per heavy atom. The zero-order valence-corrected chi connectivity index (χ0v) is 14.6. The monoisotopic (exact) mass is 385 g/mol. The van der Waals surface area contributed by atoms with Gasteiger partial charge in [0.05, 0.1) is 0 Å². The molecule has 0 aromatic rings. The smallest absolute Gasteiger partial charge is 0.775 e. The van der Waals surface area contributed by atoms with E-state index in [4.69, 9.17) is 14.7 Å². The average Bonchev–Trinajstić information content (AvgIpc) is 1.70. The summed E-state index contributed by atoms with van der Waals surface area (Å²) in [5.41, 5.74) is 0. The van der Waals surface area contributed by atoms with Crippen LogP contribution in [0.15, 0.2) is 0 Å². The molecule has 0 aliphatic carbocycles. The van der Waals surface area contributed by atoms with Crippen molar-refractivity contribution in [2.75, 3.05) is 18.9 Å². The van der Waals surface area contributed by atoms with Crippen LogP contribution in [0, 0.1) is 0 Å². The SMILES string of the molecule is O=P([O-])(O)C[NH+](CP(=O)([O-])O)CP(=O)([O-])O.[Sr+2]. The second-order valence-corrected chi connectivity index (χ2v) is 7.91. The van der Waals surface area contributed by atoms with Gasteiger partial charge < -0.3 is 48.0 Å². The van der Waals surface area contributed by atoms with Gasteiger partial charge in [-0.25, -0.2) is 0 Å². The molecule has 0 amide bonds. The maximum Gasteiger partial charge on any atom is 2.00 e. The summed E-state index contributed by atoms with van der Waals surface area (Å²) in [7, 11) is -14.8. The maximum atomic E-state index is 10.4. The Labute approximate surface area is 134 Å². The second kappa shape index (κ2) is 7.61. The molecule has 3 unspecified atom stereocenters. The van der Waals surface area contributed by atoms with E-state index in [1.165, 1.54) is 0 Å². The standard InChI is InChI=1S/C3H12NO9P3.Sr/c5-14(6,7)1-4(2-15(8,9)10)3-16(11,12)13;/h1-3H2,(H2,5,6,7)(H2,8,9,10)(H2,11,12,13);/q;+2/p-2. The van der Waals surface area contributed by atoms with Crippen LogP contribution in [-0.2, 0) is 13.7 Å². The first kappa shape index (κ1) is 21.2. The molecule has 0 rings (SSSR count). The molecule has 3 atom stereocenters. The van der Waals surface area contributed by atoms with Crippen LogP contribution in [0.1, 0.15) is 0 Å². The Bertz CT molecular complexity index is 311. The second-order valence-electron chi connectivity index (χ2n) is 3.14. The van der Waals surface area contributed by atoms with Gasteiger partial charge in [0.15, 0.2) is 22.8 Å². The molecule has 0 aliphatic rings. The van der Waals surface area contributed by atoms with Crippen molar-refractivity contribution in [3.05, 3.63) is 0 Å². The summed E-state index contributed by atoms with van der Waals surface area (Å²) in [6.45, 7) is 0. The molecule has 0 heterocycles. The zero-order chi connectivity index (χ0) is 13.2. The van der Waals surface area contributed by atoms with Gasteiger partial charge >= 0.3 is 45.5 Å². The van der Waals surface area contributed by atoms with Crippen LogP contribution in [-0.4, -0.2) is 79.0 Å². The number of quaternary nitrogens is 1. The minimum absolute atomic E-state index is 0. The third-order valence-corrected chi connectivity index (χ3v) is 3.81. The molecule has 0 saturated heterocycles. The minimum Gasteiger partial charge on any atom is -0.775 e. The number of hydrogen-bond acceptors (Lipinski definition) is 6. The zero-order valence-electron chi connectivity index (χ0n) is 8.46. The van der Waals surface area contributed by atoms with Crippen molar-refractivity contribution in [1.29, 1.82) is 0 Å². The van der Waals surface area contributed by atoms with Crippen LogP contribution in [0.25, 0.3) is 0 Å². The summed E-state index contributed by atoms with van der Waals surface area (Å²) in [4.78, 5) is 55.8. The summed E-state index contributed by atoms with van der Waals surface area (Å²) in [5.74, 6) is 0. The van der Waals surface area contributed by atoms with E-state index in [-0.39, 0.29) is 45.5 Å². The van der Waals surface area contributed by atoms with Crippen molar-refractivity contribution in [1.82, 2.24) is 0 Å². The van der Waals surface area contributed by atoms with Crippen molar-refractivity contribution in [3.63, 3.8) is 0 Å². The van der Waals surface area contributed by atoms with Gasteiger partial charge in [-0.2, -0.15) is 0 Å². The molecule has 0 spiro atoms. The van der Waals surface area contributed by atoms with Crippen molar-refractivity contribution in [2.45, 2.75) is 0 Å². The molecule has 98 valence electrons. The topological polar surface area (TPSA) is 186 Å². The van der Waals surface area contributed by atoms with Gasteiger partial charge in [-0.3, -0.25) is 0 Å². The largest absolute Gasteiger partial charge is 2.00 e. The average molecular weight is 385 g/mol. The van der Waals surface area contributed by atoms with E-state index < -0.39 is 46.5 Å². The van der Waals surface area contributed by atoms with Crippen molar-refractivity contribution in [2.24, 2.45) is 0 Å². The summed E-state index contributed by atoms with van der Waals surface area (Å²) < 4.78 is 31.3. The molecule has 0 aromatic carbocycles. The molecule has 0 aliphatic heterocycles. The summed E-state index contributed by atoms with van der Waals surface area (Å²) in [5, 5.41) is 0. The van der Waals surface area contributed by atoms with Crippen LogP contribution < -0.4 is 19.6 Å². The Kier molecular flexibility index (Phi) is 9.49. The Balaban J connectivity index is 0. The first-order valence-electron chi connectivity index (χ1n) is 3.70. The number of hydrogen-bond donors (Lipinski definition) is 4. The summed E-state index contributed by atoms with van der Waals surface area (Å²) >= 11 is 0. The third-order valence-electron chi connectivity index (χ3n) is 1.27. The van der Waals surface area contributed by atoms with Crippen LogP contribution in [0.2, 0.25) is 0 Å². The quantitative estimate of drug-likeness (QED) is 0.257. The molecule has 10 nitrogen and oxygen atoms in total. The Hall–Kier alpha value is 1.89. The fourth-order valence-corrected chi connectivity index (χ4v) is 3.89. The molecule has 0 radical (unpaired) electrons. The number of rotatable bonds is 6. The Morgan fingerprint density at radius 1 is 0.765 bits per heavy atom.